The lowest BCUT2D eigenvalue weighted by Crippen LogP contribution is -2.40. The van der Waals surface area contributed by atoms with Crippen LogP contribution in [0, 0.1) is 17.6 Å². The second kappa shape index (κ2) is 15.6. The van der Waals surface area contributed by atoms with Crippen LogP contribution >= 0.6 is 0 Å². The third-order valence-electron chi connectivity index (χ3n) is 11.8. The maximum Gasteiger partial charge on any atom is 0.274 e. The Labute approximate surface area is 317 Å². The molecule has 0 spiro atoms. The zero-order chi connectivity index (χ0) is 38.2. The first kappa shape index (κ1) is 36.8. The second-order valence-electron chi connectivity index (χ2n) is 15.5. The zero-order valence-electron chi connectivity index (χ0n) is 30.9. The molecule has 3 amide bonds. The Kier molecular flexibility index (Phi) is 10.4. The average molecular weight is 757 g/mol. The Bertz CT molecular complexity index is 2140. The van der Waals surface area contributed by atoms with Crippen LogP contribution in [0.5, 0.6) is 11.5 Å². The number of methoxy groups -OCH3 is 1. The fourth-order valence-corrected chi connectivity index (χ4v) is 8.48. The van der Waals surface area contributed by atoms with Gasteiger partial charge >= 0.3 is 0 Å². The highest BCUT2D eigenvalue weighted by Gasteiger charge is 2.33. The van der Waals surface area contributed by atoms with Crippen LogP contribution in [0.3, 0.4) is 0 Å². The summed E-state index contributed by atoms with van der Waals surface area (Å²) in [5, 5.41) is 10.7. The number of nitrogens with one attached hydrogen (secondary N) is 2. The molecule has 1 unspecified atom stereocenters. The fraction of sp³-hybridized carbons (Fsp3) is 0.488. The number of benzene rings is 2. The molecule has 8 rings (SSSR count). The predicted octanol–water partition coefficient (Wildman–Crippen LogP) is 6.26. The average Bonchev–Trinajstić information content (AvgIpc) is 3.93. The van der Waals surface area contributed by atoms with E-state index in [0.29, 0.717) is 17.2 Å². The van der Waals surface area contributed by atoms with Crippen LogP contribution in [0.4, 0.5) is 14.5 Å². The van der Waals surface area contributed by atoms with E-state index in [1.54, 1.807) is 35.0 Å². The Morgan fingerprint density at radius 2 is 1.67 bits per heavy atom. The standard InChI is InChI=1S/C41H46F2N6O6/c1-54-36-22-35-25(19-31(36)40(52)44-34-3-2-15-48(41(34)53)26-8-9-26)23-49(46-35)27-6-4-24(5-7-27)12-16-47-17-13-28(14-18-47)55-29-20-32(42)38(33(43)21-29)30-10-11-37(50)45-39(30)51/h2-3,15,19-24,26-28,30H,4-14,16-18H2,1H3,(H,44,52)(H,45,50,51). The lowest BCUT2D eigenvalue weighted by atomic mass is 9.84. The van der Waals surface area contributed by atoms with Crippen molar-refractivity contribution in [3.8, 4) is 11.5 Å². The number of fused-ring (bicyclic) bond motifs is 1. The maximum absolute atomic E-state index is 15.0. The van der Waals surface area contributed by atoms with Crippen molar-refractivity contribution in [1.82, 2.24) is 24.6 Å². The normalized spacial score (nSPS) is 22.4. The highest BCUT2D eigenvalue weighted by Crippen LogP contribution is 2.37. The van der Waals surface area contributed by atoms with Crippen molar-refractivity contribution >= 4 is 34.3 Å². The minimum Gasteiger partial charge on any atom is -0.496 e. The topological polar surface area (TPSA) is 137 Å². The Balaban J connectivity index is 0.805. The number of halogens is 2. The van der Waals surface area contributed by atoms with E-state index in [1.165, 1.54) is 7.11 Å². The third kappa shape index (κ3) is 8.00. The molecule has 0 radical (unpaired) electrons. The largest absolute Gasteiger partial charge is 0.496 e. The van der Waals surface area contributed by atoms with Crippen LogP contribution in [0.25, 0.3) is 10.9 Å². The molecule has 4 aliphatic rings. The molecule has 4 fully saturated rings. The number of piperidine rings is 2. The van der Waals surface area contributed by atoms with Crippen molar-refractivity contribution in [2.24, 2.45) is 5.92 Å². The maximum atomic E-state index is 15.0. The van der Waals surface area contributed by atoms with Crippen LogP contribution in [0.1, 0.15) is 105 Å². The van der Waals surface area contributed by atoms with E-state index in [2.05, 4.69) is 15.5 Å². The first-order valence-corrected chi connectivity index (χ1v) is 19.4. The smallest absolute Gasteiger partial charge is 0.274 e. The first-order valence-electron chi connectivity index (χ1n) is 19.4. The van der Waals surface area contributed by atoms with Crippen molar-refractivity contribution in [3.05, 3.63) is 81.9 Å². The summed E-state index contributed by atoms with van der Waals surface area (Å²) in [4.78, 5) is 52.4. The van der Waals surface area contributed by atoms with E-state index < -0.39 is 35.3 Å². The summed E-state index contributed by atoms with van der Waals surface area (Å²) in [7, 11) is 1.52. The lowest BCUT2D eigenvalue weighted by molar-refractivity contribution is -0.134. The Hall–Kier alpha value is -5.11. The van der Waals surface area contributed by atoms with Gasteiger partial charge in [0.2, 0.25) is 11.8 Å². The molecule has 14 heteroatoms. The molecular formula is C41H46F2N6O6. The highest BCUT2D eigenvalue weighted by molar-refractivity contribution is 6.08. The number of aromatic nitrogens is 3. The SMILES string of the molecule is COc1cc2nn(C3CCC(CCN4CCC(Oc5cc(F)c(C6CCC(=O)NC6=O)c(F)c5)CC4)CC3)cc2cc1C(=O)Nc1cccn(C2CC2)c1=O. The number of carbonyl (C=O) groups excluding carboxylic acids is 3. The van der Waals surface area contributed by atoms with Gasteiger partial charge < -0.3 is 24.3 Å². The van der Waals surface area contributed by atoms with Gasteiger partial charge in [-0.2, -0.15) is 5.10 Å². The monoisotopic (exact) mass is 756 g/mol. The number of carbonyl (C=O) groups is 3. The van der Waals surface area contributed by atoms with Gasteiger partial charge in [0.25, 0.3) is 11.5 Å². The van der Waals surface area contributed by atoms with Crippen LogP contribution in [-0.4, -0.2) is 69.8 Å². The van der Waals surface area contributed by atoms with E-state index in [9.17, 15) is 28.0 Å². The van der Waals surface area contributed by atoms with Crippen LogP contribution in [-0.2, 0) is 9.59 Å². The first-order chi connectivity index (χ1) is 26.6. The lowest BCUT2D eigenvalue weighted by Gasteiger charge is -2.34. The van der Waals surface area contributed by atoms with Gasteiger partial charge in [-0.25, -0.2) is 8.78 Å². The Morgan fingerprint density at radius 1 is 0.945 bits per heavy atom. The molecule has 2 aliphatic heterocycles. The van der Waals surface area contributed by atoms with E-state index in [1.807, 2.05) is 10.9 Å². The molecule has 2 aromatic carbocycles. The number of hydrogen-bond donors (Lipinski definition) is 2. The van der Waals surface area contributed by atoms with E-state index in [-0.39, 0.29) is 53.6 Å². The number of hydrogen-bond acceptors (Lipinski definition) is 8. The molecule has 2 aliphatic carbocycles. The molecule has 12 nitrogen and oxygen atoms in total. The predicted molar refractivity (Wildman–Crippen MR) is 200 cm³/mol. The van der Waals surface area contributed by atoms with Gasteiger partial charge in [-0.05, 0) is 94.9 Å². The molecule has 2 N–H and O–H groups in total. The number of imide groups is 1. The molecule has 4 heterocycles. The molecule has 2 aromatic heterocycles. The quantitative estimate of drug-likeness (QED) is 0.171. The van der Waals surface area contributed by atoms with Crippen LogP contribution in [0.15, 0.2) is 53.6 Å². The van der Waals surface area contributed by atoms with Gasteiger partial charge in [0.05, 0.1) is 30.1 Å². The summed E-state index contributed by atoms with van der Waals surface area (Å²) >= 11 is 0. The van der Waals surface area contributed by atoms with Crippen LogP contribution < -0.4 is 25.7 Å². The third-order valence-corrected chi connectivity index (χ3v) is 11.8. The molecule has 4 aromatic rings. The van der Waals surface area contributed by atoms with Gasteiger partial charge in [-0.3, -0.25) is 29.2 Å². The Morgan fingerprint density at radius 3 is 2.36 bits per heavy atom. The molecule has 2 saturated carbocycles. The number of pyridine rings is 1. The van der Waals surface area contributed by atoms with Crippen molar-refractivity contribution in [2.45, 2.75) is 94.7 Å². The summed E-state index contributed by atoms with van der Waals surface area (Å²) in [5.41, 5.74) is 0.817. The van der Waals surface area contributed by atoms with Gasteiger partial charge in [-0.15, -0.1) is 0 Å². The zero-order valence-corrected chi connectivity index (χ0v) is 30.9. The summed E-state index contributed by atoms with van der Waals surface area (Å²) in [5.74, 6) is -3.10. The van der Waals surface area contributed by atoms with Gasteiger partial charge in [0, 0.05) is 67.1 Å². The number of rotatable bonds is 11. The molecule has 290 valence electrons. The fourth-order valence-electron chi connectivity index (χ4n) is 8.48. The number of anilines is 1. The van der Waals surface area contributed by atoms with Crippen molar-refractivity contribution < 1.29 is 32.6 Å². The van der Waals surface area contributed by atoms with Crippen molar-refractivity contribution in [1.29, 1.82) is 0 Å². The summed E-state index contributed by atoms with van der Waals surface area (Å²) < 4.78 is 45.2. The molecule has 1 atom stereocenters. The number of likely N-dealkylation sites (tertiary alicyclic amines) is 1. The molecule has 55 heavy (non-hydrogen) atoms. The number of ether oxygens (including phenoxy) is 2. The van der Waals surface area contributed by atoms with E-state index in [4.69, 9.17) is 14.6 Å². The van der Waals surface area contributed by atoms with Crippen molar-refractivity contribution in [3.63, 3.8) is 0 Å². The number of nitrogens with zero attached hydrogens (tertiary/aromatic N) is 4. The van der Waals surface area contributed by atoms with Crippen LogP contribution in [0.2, 0.25) is 0 Å². The van der Waals surface area contributed by atoms with E-state index >= 15 is 0 Å². The summed E-state index contributed by atoms with van der Waals surface area (Å²) in [6.45, 7) is 2.67. The molecule has 0 bridgehead atoms. The number of amides is 3. The molecule has 2 saturated heterocycles. The van der Waals surface area contributed by atoms with Gasteiger partial charge in [0.1, 0.15) is 34.9 Å². The van der Waals surface area contributed by atoms with E-state index in [0.717, 1.165) is 100 Å². The second-order valence-corrected chi connectivity index (χ2v) is 15.5. The molecular weight excluding hydrogens is 710 g/mol. The highest BCUT2D eigenvalue weighted by atomic mass is 19.1. The minimum absolute atomic E-state index is 0.0421. The summed E-state index contributed by atoms with van der Waals surface area (Å²) in [6.07, 6.45) is 12.5. The summed E-state index contributed by atoms with van der Waals surface area (Å²) in [6, 6.07) is 9.73. The minimum atomic E-state index is -1.04. The van der Waals surface area contributed by atoms with Gasteiger partial charge in [-0.1, -0.05) is 0 Å². The van der Waals surface area contributed by atoms with Gasteiger partial charge in [0.15, 0.2) is 0 Å². The van der Waals surface area contributed by atoms with Crippen molar-refractivity contribution in [2.75, 3.05) is 32.1 Å².